The molecule has 1 aromatic carbocycles. The molecule has 23 heavy (non-hydrogen) atoms. The Kier molecular flexibility index (Phi) is 5.13. The summed E-state index contributed by atoms with van der Waals surface area (Å²) in [5, 5.41) is 11.9. The van der Waals surface area contributed by atoms with Gasteiger partial charge in [-0.15, -0.1) is 0 Å². The number of hydrogen-bond acceptors (Lipinski definition) is 7. The maximum Gasteiger partial charge on any atom is 0.277 e. The van der Waals surface area contributed by atoms with Gasteiger partial charge >= 0.3 is 0 Å². The topological polar surface area (TPSA) is 132 Å². The van der Waals surface area contributed by atoms with Crippen molar-refractivity contribution in [2.45, 2.75) is 6.92 Å². The number of ether oxygens (including phenoxy) is 1. The monoisotopic (exact) mass is 319 g/mol. The third-order valence-electron chi connectivity index (χ3n) is 3.09. The van der Waals surface area contributed by atoms with Crippen molar-refractivity contribution in [3.63, 3.8) is 0 Å². The fraction of sp³-hybridized carbons (Fsp3) is 0.286. The molecule has 2 rings (SSSR count). The van der Waals surface area contributed by atoms with Gasteiger partial charge in [0.05, 0.1) is 12.7 Å². The van der Waals surface area contributed by atoms with Crippen molar-refractivity contribution in [2.75, 3.05) is 25.9 Å². The Labute approximate surface area is 132 Å². The normalized spacial score (nSPS) is 10.2. The summed E-state index contributed by atoms with van der Waals surface area (Å²) in [6.07, 6.45) is 0. The quantitative estimate of drug-likeness (QED) is 0.644. The van der Waals surface area contributed by atoms with Gasteiger partial charge < -0.3 is 21.1 Å². The molecule has 2 aromatic rings. The van der Waals surface area contributed by atoms with Crippen LogP contribution in [-0.2, 0) is 0 Å². The molecule has 0 aliphatic carbocycles. The number of nitrogens with one attached hydrogen (secondary N) is 2. The maximum absolute atomic E-state index is 12.1. The SMILES string of the molecule is COc1c(C)cccc1C(=O)NCCNC(=O)c1nonc1N. The molecule has 122 valence electrons. The van der Waals surface area contributed by atoms with E-state index in [-0.39, 0.29) is 30.5 Å². The number of anilines is 1. The van der Waals surface area contributed by atoms with E-state index in [1.807, 2.05) is 13.0 Å². The van der Waals surface area contributed by atoms with Gasteiger partial charge in [0.25, 0.3) is 11.8 Å². The van der Waals surface area contributed by atoms with Crippen molar-refractivity contribution >= 4 is 17.6 Å². The van der Waals surface area contributed by atoms with Crippen molar-refractivity contribution in [1.82, 2.24) is 20.9 Å². The molecule has 1 heterocycles. The molecule has 0 saturated heterocycles. The Morgan fingerprint density at radius 1 is 1.22 bits per heavy atom. The predicted octanol–water partition coefficient (Wildman–Crippen LogP) is 0.129. The summed E-state index contributed by atoms with van der Waals surface area (Å²) in [6, 6.07) is 5.29. The second-order valence-electron chi connectivity index (χ2n) is 4.67. The summed E-state index contributed by atoms with van der Waals surface area (Å²) < 4.78 is 9.57. The largest absolute Gasteiger partial charge is 0.496 e. The fourth-order valence-corrected chi connectivity index (χ4v) is 1.99. The molecule has 0 bridgehead atoms. The number of nitrogen functional groups attached to an aromatic ring is 1. The number of benzene rings is 1. The number of aromatic nitrogens is 2. The van der Waals surface area contributed by atoms with E-state index in [4.69, 9.17) is 10.5 Å². The molecule has 0 atom stereocenters. The van der Waals surface area contributed by atoms with E-state index in [0.29, 0.717) is 11.3 Å². The zero-order valence-electron chi connectivity index (χ0n) is 12.8. The van der Waals surface area contributed by atoms with Crippen LogP contribution >= 0.6 is 0 Å². The summed E-state index contributed by atoms with van der Waals surface area (Å²) in [7, 11) is 1.51. The van der Waals surface area contributed by atoms with Gasteiger partial charge in [-0.1, -0.05) is 12.1 Å². The van der Waals surface area contributed by atoms with Gasteiger partial charge in [0, 0.05) is 13.1 Å². The molecule has 0 fully saturated rings. The van der Waals surface area contributed by atoms with Crippen LogP contribution in [0.15, 0.2) is 22.8 Å². The first-order chi connectivity index (χ1) is 11.0. The Hall–Kier alpha value is -3.10. The van der Waals surface area contributed by atoms with E-state index in [0.717, 1.165) is 5.56 Å². The Balaban J connectivity index is 1.85. The van der Waals surface area contributed by atoms with Gasteiger partial charge in [-0.25, -0.2) is 4.63 Å². The molecule has 9 nitrogen and oxygen atoms in total. The lowest BCUT2D eigenvalue weighted by molar-refractivity contribution is 0.0921. The minimum Gasteiger partial charge on any atom is -0.496 e. The van der Waals surface area contributed by atoms with E-state index >= 15 is 0 Å². The van der Waals surface area contributed by atoms with Crippen LogP contribution in [0.4, 0.5) is 5.82 Å². The number of carbonyl (C=O) groups excluding carboxylic acids is 2. The van der Waals surface area contributed by atoms with Crippen molar-refractivity contribution in [3.8, 4) is 5.75 Å². The Morgan fingerprint density at radius 2 is 1.91 bits per heavy atom. The number of carbonyl (C=O) groups is 2. The third-order valence-corrected chi connectivity index (χ3v) is 3.09. The summed E-state index contributed by atoms with van der Waals surface area (Å²) in [5.74, 6) is -0.375. The second kappa shape index (κ2) is 7.25. The number of methoxy groups -OCH3 is 1. The highest BCUT2D eigenvalue weighted by Gasteiger charge is 2.16. The van der Waals surface area contributed by atoms with Crippen LogP contribution in [0.25, 0.3) is 0 Å². The summed E-state index contributed by atoms with van der Waals surface area (Å²) in [5.41, 5.74) is 6.62. The minimum absolute atomic E-state index is 0.0864. The average molecular weight is 319 g/mol. The number of para-hydroxylation sites is 1. The molecule has 2 amide bonds. The van der Waals surface area contributed by atoms with Gasteiger partial charge in [0.15, 0.2) is 0 Å². The number of aryl methyl sites for hydroxylation is 1. The van der Waals surface area contributed by atoms with Crippen LogP contribution in [0, 0.1) is 6.92 Å². The van der Waals surface area contributed by atoms with Gasteiger partial charge in [-0.05, 0) is 28.9 Å². The Bertz CT molecular complexity index is 713. The zero-order chi connectivity index (χ0) is 16.8. The van der Waals surface area contributed by atoms with Crippen molar-refractivity contribution in [2.24, 2.45) is 0 Å². The van der Waals surface area contributed by atoms with Gasteiger partial charge in [-0.3, -0.25) is 9.59 Å². The van der Waals surface area contributed by atoms with Crippen LogP contribution in [-0.4, -0.2) is 42.3 Å². The molecule has 0 aliphatic heterocycles. The molecule has 1 aromatic heterocycles. The predicted molar refractivity (Wildman–Crippen MR) is 81.1 cm³/mol. The van der Waals surface area contributed by atoms with Gasteiger partial charge in [-0.2, -0.15) is 0 Å². The molecule has 9 heteroatoms. The van der Waals surface area contributed by atoms with Crippen LogP contribution in [0.5, 0.6) is 5.75 Å². The summed E-state index contributed by atoms with van der Waals surface area (Å²) >= 11 is 0. The van der Waals surface area contributed by atoms with Gasteiger partial charge in [0.1, 0.15) is 5.75 Å². The van der Waals surface area contributed by atoms with Crippen LogP contribution in [0.2, 0.25) is 0 Å². The van der Waals surface area contributed by atoms with Crippen LogP contribution in [0.1, 0.15) is 26.4 Å². The highest BCUT2D eigenvalue weighted by Crippen LogP contribution is 2.22. The van der Waals surface area contributed by atoms with Crippen molar-refractivity contribution in [1.29, 1.82) is 0 Å². The summed E-state index contributed by atoms with van der Waals surface area (Å²) in [6.45, 7) is 2.28. The van der Waals surface area contributed by atoms with E-state index in [1.54, 1.807) is 12.1 Å². The second-order valence-corrected chi connectivity index (χ2v) is 4.67. The van der Waals surface area contributed by atoms with Crippen LogP contribution in [0.3, 0.4) is 0 Å². The van der Waals surface area contributed by atoms with Crippen molar-refractivity contribution in [3.05, 3.63) is 35.0 Å². The molecular weight excluding hydrogens is 302 g/mol. The number of rotatable bonds is 6. The lowest BCUT2D eigenvalue weighted by atomic mass is 10.1. The maximum atomic E-state index is 12.1. The highest BCUT2D eigenvalue weighted by molar-refractivity contribution is 5.97. The summed E-state index contributed by atoms with van der Waals surface area (Å²) in [4.78, 5) is 23.8. The van der Waals surface area contributed by atoms with Crippen molar-refractivity contribution < 1.29 is 19.0 Å². The lowest BCUT2D eigenvalue weighted by Crippen LogP contribution is -2.35. The first-order valence-electron chi connectivity index (χ1n) is 6.82. The fourth-order valence-electron chi connectivity index (χ4n) is 1.99. The number of hydrogen-bond donors (Lipinski definition) is 3. The first-order valence-corrected chi connectivity index (χ1v) is 6.82. The molecule has 0 spiro atoms. The lowest BCUT2D eigenvalue weighted by Gasteiger charge is -2.11. The number of amides is 2. The van der Waals surface area contributed by atoms with E-state index in [2.05, 4.69) is 25.6 Å². The highest BCUT2D eigenvalue weighted by atomic mass is 16.6. The minimum atomic E-state index is -0.522. The Morgan fingerprint density at radius 3 is 2.52 bits per heavy atom. The molecular formula is C14H17N5O4. The van der Waals surface area contributed by atoms with E-state index < -0.39 is 5.91 Å². The average Bonchev–Trinajstić information content (AvgIpc) is 2.97. The number of nitrogens with zero attached hydrogens (tertiary/aromatic N) is 2. The van der Waals surface area contributed by atoms with Gasteiger partial charge in [0.2, 0.25) is 11.5 Å². The standard InChI is InChI=1S/C14H17N5O4/c1-8-4-3-5-9(11(8)22-2)13(20)16-6-7-17-14(21)10-12(15)19-23-18-10/h3-5H,6-7H2,1-2H3,(H2,15,19)(H,16,20)(H,17,21). The molecule has 0 saturated carbocycles. The number of nitrogens with two attached hydrogens (primary N) is 1. The third kappa shape index (κ3) is 3.76. The smallest absolute Gasteiger partial charge is 0.277 e. The molecule has 0 aliphatic rings. The van der Waals surface area contributed by atoms with E-state index in [1.165, 1.54) is 7.11 Å². The molecule has 0 radical (unpaired) electrons. The molecule has 4 N–H and O–H groups in total. The zero-order valence-corrected chi connectivity index (χ0v) is 12.8. The van der Waals surface area contributed by atoms with E-state index in [9.17, 15) is 9.59 Å². The van der Waals surface area contributed by atoms with Crippen LogP contribution < -0.4 is 21.1 Å². The molecule has 0 unspecified atom stereocenters. The first kappa shape index (κ1) is 16.3.